The lowest BCUT2D eigenvalue weighted by Gasteiger charge is -2.40. The smallest absolute Gasteiger partial charge is 0.345 e. The van der Waals surface area contributed by atoms with Crippen LogP contribution in [-0.2, 0) is 0 Å². The molecule has 6 rings (SSSR count). The molecule has 0 N–H and O–H groups in total. The molecule has 0 bridgehead atoms. The first-order valence-electron chi connectivity index (χ1n) is 13.5. The standard InChI is InChI=1S/C32H24N5O5P3/c33-24-26-14-13-23-32(31(26)25-34)42-44-35-43(40-29-19-9-3-10-20-29)36(38-27-15-5-1-6-16-27)45(41-30-21-11-4-12-22-30)37(44)39-28-17-7-2-8-18-28/h1-23,44H. The molecule has 0 radical (unpaired) electrons. The van der Waals surface area contributed by atoms with Crippen molar-refractivity contribution in [3.05, 3.63) is 151 Å². The van der Waals surface area contributed by atoms with Crippen LogP contribution in [0.5, 0.6) is 28.7 Å². The monoisotopic (exact) mass is 651 g/mol. The van der Waals surface area contributed by atoms with Gasteiger partial charge in [0.05, 0.1) is 5.56 Å². The predicted octanol–water partition coefficient (Wildman–Crippen LogP) is 9.25. The number of para-hydroxylation sites is 4. The molecule has 0 saturated carbocycles. The molecule has 3 unspecified atom stereocenters. The topological polar surface area (TPSA) is 113 Å². The Balaban J connectivity index is 1.51. The maximum atomic E-state index is 9.95. The minimum absolute atomic E-state index is 0.0944. The summed E-state index contributed by atoms with van der Waals surface area (Å²) in [6.45, 7) is 0. The van der Waals surface area contributed by atoms with Gasteiger partial charge in [-0.05, 0) is 60.7 Å². The van der Waals surface area contributed by atoms with Gasteiger partial charge in [-0.3, -0.25) is 0 Å². The van der Waals surface area contributed by atoms with Gasteiger partial charge in [-0.15, -0.1) is 0 Å². The van der Waals surface area contributed by atoms with E-state index in [1.54, 1.807) is 39.5 Å². The second kappa shape index (κ2) is 14.7. The van der Waals surface area contributed by atoms with Crippen molar-refractivity contribution in [2.45, 2.75) is 0 Å². The van der Waals surface area contributed by atoms with Crippen LogP contribution >= 0.6 is 25.0 Å². The summed E-state index contributed by atoms with van der Waals surface area (Å²) in [5.41, 5.74) is 0.278. The molecule has 0 saturated heterocycles. The summed E-state index contributed by atoms with van der Waals surface area (Å²) in [6, 6.07) is 45.9. The van der Waals surface area contributed by atoms with Gasteiger partial charge >= 0.3 is 16.9 Å². The highest BCUT2D eigenvalue weighted by atomic mass is 31.3. The van der Waals surface area contributed by atoms with E-state index in [9.17, 15) is 10.5 Å². The molecule has 0 amide bonds. The fraction of sp³-hybridized carbons (Fsp3) is 0. The lowest BCUT2D eigenvalue weighted by atomic mass is 10.1. The molecule has 13 heteroatoms. The molecule has 222 valence electrons. The van der Waals surface area contributed by atoms with Crippen LogP contribution in [0.15, 0.2) is 144 Å². The van der Waals surface area contributed by atoms with E-state index >= 15 is 0 Å². The zero-order chi connectivity index (χ0) is 30.8. The molecule has 45 heavy (non-hydrogen) atoms. The van der Waals surface area contributed by atoms with E-state index in [0.29, 0.717) is 23.0 Å². The van der Waals surface area contributed by atoms with Crippen LogP contribution in [-0.4, -0.2) is 9.21 Å². The molecule has 1 aliphatic rings. The van der Waals surface area contributed by atoms with Gasteiger partial charge in [-0.2, -0.15) is 15.0 Å². The quantitative estimate of drug-likeness (QED) is 0.136. The molecule has 10 nitrogen and oxygen atoms in total. The molecule has 5 aromatic carbocycles. The van der Waals surface area contributed by atoms with E-state index in [0.717, 1.165) is 0 Å². The molecular weight excluding hydrogens is 627 g/mol. The summed E-state index contributed by atoms with van der Waals surface area (Å²) in [6.07, 6.45) is 0. The Morgan fingerprint density at radius 2 is 1.11 bits per heavy atom. The molecule has 0 aromatic heterocycles. The molecule has 0 aliphatic carbocycles. The predicted molar refractivity (Wildman–Crippen MR) is 173 cm³/mol. The third-order valence-electron chi connectivity index (χ3n) is 5.97. The number of benzene rings is 5. The van der Waals surface area contributed by atoms with Gasteiger partial charge in [0.1, 0.15) is 46.4 Å². The van der Waals surface area contributed by atoms with Crippen molar-refractivity contribution in [1.82, 2.24) is 9.21 Å². The number of rotatable bonds is 10. The first kappa shape index (κ1) is 30.1. The van der Waals surface area contributed by atoms with E-state index < -0.39 is 25.0 Å². The lowest BCUT2D eigenvalue weighted by Crippen LogP contribution is -2.32. The summed E-state index contributed by atoms with van der Waals surface area (Å²) < 4.78 is 27.7. The fourth-order valence-electron chi connectivity index (χ4n) is 3.92. The molecule has 5 aromatic rings. The van der Waals surface area contributed by atoms with Gasteiger partial charge in [0.2, 0.25) is 8.09 Å². The van der Waals surface area contributed by atoms with Gasteiger partial charge in [0.25, 0.3) is 0 Å². The third-order valence-corrected chi connectivity index (χ3v) is 12.0. The molecule has 0 spiro atoms. The average molecular weight is 651 g/mol. The summed E-state index contributed by atoms with van der Waals surface area (Å²) in [7, 11) is -6.55. The van der Waals surface area contributed by atoms with E-state index in [-0.39, 0.29) is 16.9 Å². The Kier molecular flexibility index (Phi) is 9.85. The van der Waals surface area contributed by atoms with Crippen molar-refractivity contribution in [3.8, 4) is 40.9 Å². The van der Waals surface area contributed by atoms with Gasteiger partial charge in [0, 0.05) is 9.21 Å². The normalized spacial score (nSPS) is 18.0. The van der Waals surface area contributed by atoms with Crippen LogP contribution in [0.3, 0.4) is 0 Å². The highest BCUT2D eigenvalue weighted by Gasteiger charge is 2.49. The zero-order valence-electron chi connectivity index (χ0n) is 23.5. The maximum Gasteiger partial charge on any atom is 0.345 e. The van der Waals surface area contributed by atoms with Gasteiger partial charge in [-0.25, -0.2) is 0 Å². The second-order valence-corrected chi connectivity index (χ2v) is 14.2. The Bertz CT molecular complexity index is 1840. The molecule has 0 fully saturated rings. The minimum Gasteiger partial charge on any atom is -0.445 e. The van der Waals surface area contributed by atoms with Crippen molar-refractivity contribution in [1.29, 1.82) is 10.5 Å². The van der Waals surface area contributed by atoms with Crippen LogP contribution in [0, 0.1) is 22.7 Å². The summed E-state index contributed by atoms with van der Waals surface area (Å²) in [5, 5.41) is 19.6. The van der Waals surface area contributed by atoms with E-state index in [1.807, 2.05) is 109 Å². The third kappa shape index (κ3) is 7.43. The molecule has 1 aliphatic heterocycles. The summed E-state index contributed by atoms with van der Waals surface area (Å²) >= 11 is 0. The molecular formula is C32H24N5O5P3. The Morgan fingerprint density at radius 1 is 0.578 bits per heavy atom. The van der Waals surface area contributed by atoms with Crippen LogP contribution in [0.25, 0.3) is 0 Å². The number of nitriles is 2. The SMILES string of the molecule is N#Cc1cccc(O[PH]2=NP(Oc3ccccc3)N(Oc3ccccc3)P(Oc3ccccc3)N2Oc2ccccc2)c1C#N. The number of hydrogen-bond acceptors (Lipinski definition) is 10. The first-order valence-corrected chi connectivity index (χ1v) is 17.2. The lowest BCUT2D eigenvalue weighted by molar-refractivity contribution is 0.0650. The van der Waals surface area contributed by atoms with Crippen molar-refractivity contribution in [2.75, 3.05) is 0 Å². The average Bonchev–Trinajstić information content (AvgIpc) is 3.09. The Hall–Kier alpha value is -4.91. The number of hydrogen-bond donors (Lipinski definition) is 0. The van der Waals surface area contributed by atoms with Gasteiger partial charge in [0.15, 0.2) is 0 Å². The summed E-state index contributed by atoms with van der Waals surface area (Å²) in [5.74, 6) is 2.34. The van der Waals surface area contributed by atoms with E-state index in [4.69, 9.17) is 27.8 Å². The van der Waals surface area contributed by atoms with Crippen LogP contribution in [0.1, 0.15) is 11.1 Å². The molecule has 3 atom stereocenters. The zero-order valence-corrected chi connectivity index (χ0v) is 26.2. The Morgan fingerprint density at radius 3 is 1.67 bits per heavy atom. The largest absolute Gasteiger partial charge is 0.445 e. The van der Waals surface area contributed by atoms with Crippen LogP contribution in [0.2, 0.25) is 0 Å². The second-order valence-electron chi connectivity index (χ2n) is 9.04. The highest BCUT2D eigenvalue weighted by Crippen LogP contribution is 2.71. The fourth-order valence-corrected chi connectivity index (χ4v) is 10.5. The Labute approximate surface area is 263 Å². The van der Waals surface area contributed by atoms with Gasteiger partial charge in [-0.1, -0.05) is 78.9 Å². The van der Waals surface area contributed by atoms with E-state index in [1.165, 1.54) is 0 Å². The van der Waals surface area contributed by atoms with Crippen molar-refractivity contribution in [2.24, 2.45) is 4.52 Å². The van der Waals surface area contributed by atoms with Crippen molar-refractivity contribution >= 4 is 25.0 Å². The number of nitrogens with zero attached hydrogens (tertiary/aromatic N) is 5. The summed E-state index contributed by atoms with van der Waals surface area (Å²) in [4.78, 5) is 12.9. The van der Waals surface area contributed by atoms with Crippen molar-refractivity contribution < 1.29 is 23.2 Å². The maximum absolute atomic E-state index is 9.95. The van der Waals surface area contributed by atoms with Crippen LogP contribution in [0.4, 0.5) is 0 Å². The van der Waals surface area contributed by atoms with Gasteiger partial charge < -0.3 is 23.2 Å². The minimum atomic E-state index is -2.59. The highest BCUT2D eigenvalue weighted by molar-refractivity contribution is 7.74. The van der Waals surface area contributed by atoms with E-state index in [2.05, 4.69) is 12.1 Å². The first-order chi connectivity index (χ1) is 22.2. The van der Waals surface area contributed by atoms with Crippen molar-refractivity contribution in [3.63, 3.8) is 0 Å². The van der Waals surface area contributed by atoms with Crippen LogP contribution < -0.4 is 23.2 Å². The molecule has 1 heterocycles.